The molecule has 0 saturated carbocycles. The van der Waals surface area contributed by atoms with Gasteiger partial charge in [-0.05, 0) is 66.3 Å². The fraction of sp³-hybridized carbons (Fsp3) is 0.333. The van der Waals surface area contributed by atoms with Gasteiger partial charge in [0.15, 0.2) is 0 Å². The number of hydrogen-bond acceptors (Lipinski definition) is 4. The molecule has 0 radical (unpaired) electrons. The van der Waals surface area contributed by atoms with Crippen molar-refractivity contribution in [3.05, 3.63) is 63.2 Å². The molecule has 0 bridgehead atoms. The minimum absolute atomic E-state index is 0.192. The third-order valence-electron chi connectivity index (χ3n) is 4.68. The first kappa shape index (κ1) is 24.1. The van der Waals surface area contributed by atoms with E-state index in [0.717, 1.165) is 25.3 Å². The van der Waals surface area contributed by atoms with Gasteiger partial charge in [-0.3, -0.25) is 13.9 Å². The zero-order valence-electron chi connectivity index (χ0n) is 17.4. The van der Waals surface area contributed by atoms with Crippen molar-refractivity contribution in [1.82, 2.24) is 10.2 Å². The lowest BCUT2D eigenvalue weighted by molar-refractivity contribution is -0.139. The number of benzene rings is 2. The van der Waals surface area contributed by atoms with E-state index in [1.807, 2.05) is 31.2 Å². The van der Waals surface area contributed by atoms with Crippen LogP contribution in [0.5, 0.6) is 0 Å². The first-order chi connectivity index (χ1) is 14.0. The second-order valence-corrected chi connectivity index (χ2v) is 10.2. The Hall–Kier alpha value is -2.14. The zero-order chi connectivity index (χ0) is 22.5. The van der Waals surface area contributed by atoms with Crippen molar-refractivity contribution < 1.29 is 18.0 Å². The van der Waals surface area contributed by atoms with Gasteiger partial charge in [0.25, 0.3) is 0 Å². The van der Waals surface area contributed by atoms with Gasteiger partial charge in [0.2, 0.25) is 21.8 Å². The summed E-state index contributed by atoms with van der Waals surface area (Å²) >= 11 is 2.12. The van der Waals surface area contributed by atoms with Crippen LogP contribution in [0.1, 0.15) is 18.1 Å². The summed E-state index contributed by atoms with van der Waals surface area (Å²) < 4.78 is 26.8. The highest BCUT2D eigenvalue weighted by Gasteiger charge is 2.29. The minimum atomic E-state index is -3.71. The van der Waals surface area contributed by atoms with E-state index < -0.39 is 28.5 Å². The Morgan fingerprint density at radius 1 is 1.07 bits per heavy atom. The number of rotatable bonds is 8. The highest BCUT2D eigenvalue weighted by Crippen LogP contribution is 2.20. The summed E-state index contributed by atoms with van der Waals surface area (Å²) in [6.07, 6.45) is 1.06. The van der Waals surface area contributed by atoms with E-state index in [2.05, 4.69) is 27.9 Å². The van der Waals surface area contributed by atoms with Crippen LogP contribution in [0.15, 0.2) is 48.5 Å². The van der Waals surface area contributed by atoms with Crippen LogP contribution in [0, 0.1) is 10.5 Å². The fourth-order valence-corrected chi connectivity index (χ4v) is 4.11. The minimum Gasteiger partial charge on any atom is -0.357 e. The Morgan fingerprint density at radius 3 is 2.13 bits per heavy atom. The number of aryl methyl sites for hydroxylation is 1. The Morgan fingerprint density at radius 2 is 1.63 bits per heavy atom. The molecular weight excluding hydrogens is 517 g/mol. The zero-order valence-corrected chi connectivity index (χ0v) is 20.4. The van der Waals surface area contributed by atoms with E-state index in [1.165, 1.54) is 11.9 Å². The number of carbonyl (C=O) groups is 2. The predicted octanol–water partition coefficient (Wildman–Crippen LogP) is 2.53. The van der Waals surface area contributed by atoms with Crippen LogP contribution in [0.4, 0.5) is 5.69 Å². The van der Waals surface area contributed by atoms with Crippen LogP contribution >= 0.6 is 22.6 Å². The van der Waals surface area contributed by atoms with Gasteiger partial charge in [0.05, 0.1) is 11.9 Å². The number of halogens is 1. The van der Waals surface area contributed by atoms with Crippen molar-refractivity contribution in [2.75, 3.05) is 24.2 Å². The van der Waals surface area contributed by atoms with Gasteiger partial charge in [0, 0.05) is 17.2 Å². The number of sulfonamides is 1. The standard InChI is InChI=1S/C21H26IN3O4S/c1-15-5-7-17(8-6-15)13-24(16(2)21(27)23-3)20(26)14-25(30(4,28)29)19-11-9-18(22)10-12-19/h5-12,16H,13-14H2,1-4H3,(H,23,27)/t16-/m1/s1. The van der Waals surface area contributed by atoms with E-state index >= 15 is 0 Å². The third kappa shape index (κ3) is 6.43. The largest absolute Gasteiger partial charge is 0.357 e. The van der Waals surface area contributed by atoms with Crippen molar-refractivity contribution in [2.45, 2.75) is 26.4 Å². The predicted molar refractivity (Wildman–Crippen MR) is 127 cm³/mol. The second-order valence-electron chi connectivity index (χ2n) is 7.04. The smallest absolute Gasteiger partial charge is 0.244 e. The lowest BCUT2D eigenvalue weighted by Crippen LogP contribution is -2.50. The number of nitrogens with zero attached hydrogens (tertiary/aromatic N) is 2. The maximum absolute atomic E-state index is 13.2. The first-order valence-electron chi connectivity index (χ1n) is 9.33. The summed E-state index contributed by atoms with van der Waals surface area (Å²) in [5.74, 6) is -0.786. The Bertz CT molecular complexity index is 992. The summed E-state index contributed by atoms with van der Waals surface area (Å²) in [6.45, 7) is 3.38. The van der Waals surface area contributed by atoms with E-state index in [0.29, 0.717) is 5.69 Å². The molecule has 0 aromatic heterocycles. The monoisotopic (exact) mass is 543 g/mol. The van der Waals surface area contributed by atoms with Crippen molar-refractivity contribution in [3.8, 4) is 0 Å². The van der Waals surface area contributed by atoms with Crippen LogP contribution in [-0.4, -0.2) is 51.0 Å². The van der Waals surface area contributed by atoms with Crippen LogP contribution < -0.4 is 9.62 Å². The number of hydrogen-bond donors (Lipinski definition) is 1. The van der Waals surface area contributed by atoms with Gasteiger partial charge >= 0.3 is 0 Å². The lowest BCUT2D eigenvalue weighted by atomic mass is 10.1. The van der Waals surface area contributed by atoms with Crippen molar-refractivity contribution in [2.24, 2.45) is 0 Å². The number of likely N-dealkylation sites (N-methyl/N-ethyl adjacent to an activating group) is 1. The average Bonchev–Trinajstić information content (AvgIpc) is 2.70. The molecule has 9 heteroatoms. The maximum Gasteiger partial charge on any atom is 0.244 e. The summed E-state index contributed by atoms with van der Waals surface area (Å²) in [5, 5.41) is 2.55. The molecule has 1 atom stereocenters. The molecule has 2 aromatic carbocycles. The molecule has 0 aliphatic rings. The van der Waals surface area contributed by atoms with Crippen LogP contribution in [0.3, 0.4) is 0 Å². The Labute approximate surface area is 191 Å². The summed E-state index contributed by atoms with van der Waals surface area (Å²) in [5.41, 5.74) is 2.33. The highest BCUT2D eigenvalue weighted by atomic mass is 127. The van der Waals surface area contributed by atoms with E-state index in [9.17, 15) is 18.0 Å². The molecule has 0 heterocycles. The SMILES string of the molecule is CNC(=O)[C@@H](C)N(Cc1ccc(C)cc1)C(=O)CN(c1ccc(I)cc1)S(C)(=O)=O. The molecule has 0 fully saturated rings. The van der Waals surface area contributed by atoms with Gasteiger partial charge in [-0.25, -0.2) is 8.42 Å². The molecule has 1 N–H and O–H groups in total. The number of amides is 2. The second kappa shape index (κ2) is 10.3. The molecule has 0 spiro atoms. The average molecular weight is 543 g/mol. The number of nitrogens with one attached hydrogen (secondary N) is 1. The van der Waals surface area contributed by atoms with Gasteiger partial charge in [-0.2, -0.15) is 0 Å². The van der Waals surface area contributed by atoms with Gasteiger partial charge in [-0.15, -0.1) is 0 Å². The molecule has 0 aliphatic carbocycles. The third-order valence-corrected chi connectivity index (χ3v) is 6.54. The molecule has 0 aliphatic heterocycles. The molecule has 0 saturated heterocycles. The van der Waals surface area contributed by atoms with E-state index in [1.54, 1.807) is 31.2 Å². The quantitative estimate of drug-likeness (QED) is 0.519. The topological polar surface area (TPSA) is 86.8 Å². The lowest BCUT2D eigenvalue weighted by Gasteiger charge is -2.31. The fourth-order valence-electron chi connectivity index (χ4n) is 2.90. The van der Waals surface area contributed by atoms with Crippen LogP contribution in [0.25, 0.3) is 0 Å². The van der Waals surface area contributed by atoms with Crippen molar-refractivity contribution in [3.63, 3.8) is 0 Å². The van der Waals surface area contributed by atoms with Crippen LogP contribution in [-0.2, 0) is 26.2 Å². The number of carbonyl (C=O) groups excluding carboxylic acids is 2. The number of anilines is 1. The normalized spacial score (nSPS) is 12.2. The molecule has 2 aromatic rings. The molecule has 7 nitrogen and oxygen atoms in total. The van der Waals surface area contributed by atoms with Crippen molar-refractivity contribution >= 4 is 50.1 Å². The van der Waals surface area contributed by atoms with Crippen molar-refractivity contribution in [1.29, 1.82) is 0 Å². The highest BCUT2D eigenvalue weighted by molar-refractivity contribution is 14.1. The molecule has 2 amide bonds. The van der Waals surface area contributed by atoms with Gasteiger partial charge in [-0.1, -0.05) is 29.8 Å². The van der Waals surface area contributed by atoms with Crippen LogP contribution in [0.2, 0.25) is 0 Å². The van der Waals surface area contributed by atoms with E-state index in [-0.39, 0.29) is 12.5 Å². The maximum atomic E-state index is 13.2. The Balaban J connectivity index is 2.35. The van der Waals surface area contributed by atoms with Gasteiger partial charge < -0.3 is 10.2 Å². The molecular formula is C21H26IN3O4S. The molecule has 2 rings (SSSR count). The summed E-state index contributed by atoms with van der Waals surface area (Å²) in [7, 11) is -2.20. The molecule has 162 valence electrons. The summed E-state index contributed by atoms with van der Waals surface area (Å²) in [6, 6.07) is 13.7. The summed E-state index contributed by atoms with van der Waals surface area (Å²) in [4.78, 5) is 26.9. The molecule has 0 unspecified atom stereocenters. The first-order valence-corrected chi connectivity index (χ1v) is 12.3. The Kier molecular flexibility index (Phi) is 8.25. The molecule has 30 heavy (non-hydrogen) atoms. The van der Waals surface area contributed by atoms with Gasteiger partial charge in [0.1, 0.15) is 12.6 Å². The van der Waals surface area contributed by atoms with E-state index in [4.69, 9.17) is 0 Å².